The van der Waals surface area contributed by atoms with E-state index in [1.165, 1.54) is 0 Å². The standard InChI is InChI=1S/C25H28N6O2/c1-16-10-17(2)23(18(3)11-16)30-22(24(32)33)12-19-4-6-21(7-5-19)31-15-20(14-29-31)13-28-25-26-8-9-27-25/h4-11,14-15,22,30H,12-13H2,1-3H3,(H,32,33)(H2,26,27,28). The van der Waals surface area contributed by atoms with Crippen LogP contribution in [-0.2, 0) is 17.8 Å². The van der Waals surface area contributed by atoms with Crippen molar-refractivity contribution in [1.82, 2.24) is 19.7 Å². The number of hydrogen-bond acceptors (Lipinski definition) is 5. The van der Waals surface area contributed by atoms with Crippen LogP contribution in [0, 0.1) is 20.8 Å². The number of rotatable bonds is 9. The van der Waals surface area contributed by atoms with E-state index in [0.29, 0.717) is 18.9 Å². The van der Waals surface area contributed by atoms with Crippen molar-refractivity contribution >= 4 is 17.6 Å². The van der Waals surface area contributed by atoms with Crippen molar-refractivity contribution in [2.45, 2.75) is 39.8 Å². The van der Waals surface area contributed by atoms with Gasteiger partial charge in [-0.2, -0.15) is 5.10 Å². The Morgan fingerprint density at radius 1 is 1.12 bits per heavy atom. The molecule has 1 atom stereocenters. The summed E-state index contributed by atoms with van der Waals surface area (Å²) in [6, 6.07) is 11.2. The molecule has 4 aromatic rings. The first-order chi connectivity index (χ1) is 15.9. The Morgan fingerprint density at radius 2 is 1.85 bits per heavy atom. The summed E-state index contributed by atoms with van der Waals surface area (Å²) < 4.78 is 1.80. The molecule has 8 nitrogen and oxygen atoms in total. The highest BCUT2D eigenvalue weighted by Crippen LogP contribution is 2.24. The zero-order chi connectivity index (χ0) is 23.4. The number of nitrogens with one attached hydrogen (secondary N) is 3. The summed E-state index contributed by atoms with van der Waals surface area (Å²) in [6.45, 7) is 6.64. The summed E-state index contributed by atoms with van der Waals surface area (Å²) in [7, 11) is 0. The van der Waals surface area contributed by atoms with Crippen molar-refractivity contribution in [3.8, 4) is 5.69 Å². The van der Waals surface area contributed by atoms with Crippen LogP contribution in [0.2, 0.25) is 0 Å². The first-order valence-corrected chi connectivity index (χ1v) is 10.8. The number of aryl methyl sites for hydroxylation is 3. The van der Waals surface area contributed by atoms with Crippen LogP contribution in [0.15, 0.2) is 61.2 Å². The molecule has 0 bridgehead atoms. The molecule has 4 rings (SSSR count). The lowest BCUT2D eigenvalue weighted by Gasteiger charge is -2.20. The molecule has 0 radical (unpaired) electrons. The highest BCUT2D eigenvalue weighted by molar-refractivity contribution is 5.79. The van der Waals surface area contributed by atoms with Crippen LogP contribution in [-0.4, -0.2) is 36.9 Å². The average Bonchev–Trinajstić information content (AvgIpc) is 3.46. The van der Waals surface area contributed by atoms with Crippen LogP contribution in [0.4, 0.5) is 11.6 Å². The monoisotopic (exact) mass is 444 g/mol. The molecule has 0 saturated heterocycles. The molecule has 170 valence electrons. The number of benzene rings is 2. The minimum Gasteiger partial charge on any atom is -0.480 e. The fraction of sp³-hybridized carbons (Fsp3) is 0.240. The smallest absolute Gasteiger partial charge is 0.326 e. The van der Waals surface area contributed by atoms with Crippen molar-refractivity contribution < 1.29 is 9.90 Å². The van der Waals surface area contributed by atoms with Crippen LogP contribution in [0.25, 0.3) is 5.69 Å². The van der Waals surface area contributed by atoms with Gasteiger partial charge in [-0.05, 0) is 49.6 Å². The Balaban J connectivity index is 1.42. The summed E-state index contributed by atoms with van der Waals surface area (Å²) in [6.07, 6.45) is 7.59. The molecule has 0 spiro atoms. The zero-order valence-corrected chi connectivity index (χ0v) is 19.0. The predicted octanol–water partition coefficient (Wildman–Crippen LogP) is 4.24. The van der Waals surface area contributed by atoms with Crippen molar-refractivity contribution in [2.24, 2.45) is 0 Å². The number of aliphatic carboxylic acids is 1. The van der Waals surface area contributed by atoms with Crippen LogP contribution in [0.3, 0.4) is 0 Å². The van der Waals surface area contributed by atoms with Gasteiger partial charge in [-0.15, -0.1) is 0 Å². The van der Waals surface area contributed by atoms with Crippen LogP contribution >= 0.6 is 0 Å². The summed E-state index contributed by atoms with van der Waals surface area (Å²) in [5.74, 6) is -0.163. The Labute approximate surface area is 192 Å². The second kappa shape index (κ2) is 9.60. The second-order valence-corrected chi connectivity index (χ2v) is 8.26. The Kier molecular flexibility index (Phi) is 6.44. The maximum absolute atomic E-state index is 11.9. The van der Waals surface area contributed by atoms with E-state index in [0.717, 1.165) is 39.2 Å². The molecular weight excluding hydrogens is 416 g/mol. The maximum Gasteiger partial charge on any atom is 0.326 e. The van der Waals surface area contributed by atoms with Gasteiger partial charge in [0, 0.05) is 42.8 Å². The van der Waals surface area contributed by atoms with E-state index in [4.69, 9.17) is 0 Å². The van der Waals surface area contributed by atoms with Gasteiger partial charge in [0.15, 0.2) is 5.95 Å². The van der Waals surface area contributed by atoms with Gasteiger partial charge in [-0.1, -0.05) is 29.8 Å². The minimum absolute atomic E-state index is 0.375. The third-order valence-electron chi connectivity index (χ3n) is 5.53. The predicted molar refractivity (Wildman–Crippen MR) is 129 cm³/mol. The summed E-state index contributed by atoms with van der Waals surface area (Å²) in [4.78, 5) is 19.1. The number of imidazole rings is 1. The number of carboxylic acids is 1. The molecule has 0 aliphatic heterocycles. The molecule has 0 saturated carbocycles. The third kappa shape index (κ3) is 5.41. The molecule has 0 amide bonds. The minimum atomic E-state index is -0.876. The molecule has 0 fully saturated rings. The molecular formula is C25H28N6O2. The van der Waals surface area contributed by atoms with Crippen LogP contribution < -0.4 is 10.6 Å². The zero-order valence-electron chi connectivity index (χ0n) is 19.0. The summed E-state index contributed by atoms with van der Waals surface area (Å²) >= 11 is 0. The number of H-pyrrole nitrogens is 1. The summed E-state index contributed by atoms with van der Waals surface area (Å²) in [5, 5.41) is 20.7. The lowest BCUT2D eigenvalue weighted by atomic mass is 10.0. The third-order valence-corrected chi connectivity index (χ3v) is 5.53. The van der Waals surface area contributed by atoms with Gasteiger partial charge in [0.1, 0.15) is 6.04 Å². The van der Waals surface area contributed by atoms with Gasteiger partial charge in [-0.3, -0.25) is 0 Å². The largest absolute Gasteiger partial charge is 0.480 e. The number of aromatic nitrogens is 4. The quantitative estimate of drug-likeness (QED) is 0.308. The fourth-order valence-electron chi connectivity index (χ4n) is 3.94. The van der Waals surface area contributed by atoms with Crippen LogP contribution in [0.5, 0.6) is 0 Å². The van der Waals surface area contributed by atoms with E-state index in [1.807, 2.05) is 51.2 Å². The maximum atomic E-state index is 11.9. The molecule has 33 heavy (non-hydrogen) atoms. The Hall–Kier alpha value is -4.07. The molecule has 2 heterocycles. The van der Waals surface area contributed by atoms with Gasteiger partial charge < -0.3 is 20.7 Å². The first-order valence-electron chi connectivity index (χ1n) is 10.8. The Morgan fingerprint density at radius 3 is 2.48 bits per heavy atom. The van der Waals surface area contributed by atoms with E-state index >= 15 is 0 Å². The number of anilines is 2. The molecule has 4 N–H and O–H groups in total. The number of carboxylic acid groups (broad SMARTS) is 1. The first kappa shape index (κ1) is 22.1. The molecule has 0 aliphatic carbocycles. The van der Waals surface area contributed by atoms with Gasteiger partial charge in [0.2, 0.25) is 0 Å². The van der Waals surface area contributed by atoms with Crippen LogP contribution in [0.1, 0.15) is 27.8 Å². The highest BCUT2D eigenvalue weighted by Gasteiger charge is 2.20. The van der Waals surface area contributed by atoms with E-state index in [2.05, 4.69) is 37.8 Å². The van der Waals surface area contributed by atoms with E-state index in [1.54, 1.807) is 23.3 Å². The highest BCUT2D eigenvalue weighted by atomic mass is 16.4. The van der Waals surface area contributed by atoms with Gasteiger partial charge in [-0.25, -0.2) is 14.5 Å². The van der Waals surface area contributed by atoms with E-state index in [9.17, 15) is 9.90 Å². The van der Waals surface area contributed by atoms with Crippen molar-refractivity contribution in [2.75, 3.05) is 10.6 Å². The number of nitrogens with zero attached hydrogens (tertiary/aromatic N) is 3. The topological polar surface area (TPSA) is 108 Å². The number of hydrogen-bond donors (Lipinski definition) is 4. The van der Waals surface area contributed by atoms with Crippen molar-refractivity contribution in [3.63, 3.8) is 0 Å². The van der Waals surface area contributed by atoms with Gasteiger partial charge in [0.05, 0.1) is 11.9 Å². The molecule has 1 unspecified atom stereocenters. The molecule has 2 aromatic carbocycles. The molecule has 8 heteroatoms. The van der Waals surface area contributed by atoms with E-state index < -0.39 is 12.0 Å². The second-order valence-electron chi connectivity index (χ2n) is 8.26. The van der Waals surface area contributed by atoms with Gasteiger partial charge in [0.25, 0.3) is 0 Å². The van der Waals surface area contributed by atoms with Gasteiger partial charge >= 0.3 is 5.97 Å². The van der Waals surface area contributed by atoms with Crippen molar-refractivity contribution in [3.05, 3.63) is 89.0 Å². The number of aromatic amines is 1. The van der Waals surface area contributed by atoms with Crippen molar-refractivity contribution in [1.29, 1.82) is 0 Å². The summed E-state index contributed by atoms with van der Waals surface area (Å²) in [5.41, 5.74) is 7.01. The lowest BCUT2D eigenvalue weighted by Crippen LogP contribution is -2.32. The fourth-order valence-corrected chi connectivity index (χ4v) is 3.94. The molecule has 2 aromatic heterocycles. The lowest BCUT2D eigenvalue weighted by molar-refractivity contribution is -0.137. The SMILES string of the molecule is Cc1cc(C)c(NC(Cc2ccc(-n3cc(CNc4ncc[nH]4)cn3)cc2)C(=O)O)c(C)c1. The number of carbonyl (C=O) groups is 1. The molecule has 0 aliphatic rings. The van der Waals surface area contributed by atoms with E-state index in [-0.39, 0.29) is 0 Å². The Bertz CT molecular complexity index is 1210. The average molecular weight is 445 g/mol. The normalized spacial score (nSPS) is 11.8.